The van der Waals surface area contributed by atoms with E-state index in [0.29, 0.717) is 0 Å². The van der Waals surface area contributed by atoms with Crippen molar-refractivity contribution in [1.29, 1.82) is 0 Å². The van der Waals surface area contributed by atoms with E-state index in [1.807, 2.05) is 20.8 Å². The van der Waals surface area contributed by atoms with Gasteiger partial charge in [0.1, 0.15) is 5.60 Å². The number of nitrogens with one attached hydrogen (secondary N) is 1. The molecule has 17 heavy (non-hydrogen) atoms. The summed E-state index contributed by atoms with van der Waals surface area (Å²) < 4.78 is 5.24. The molecule has 0 bridgehead atoms. The van der Waals surface area contributed by atoms with Crippen LogP contribution >= 0.6 is 0 Å². The zero-order valence-electron chi connectivity index (χ0n) is 11.0. The highest BCUT2D eigenvalue weighted by molar-refractivity contribution is 5.68. The first kappa shape index (κ1) is 14.0. The van der Waals surface area contributed by atoms with Gasteiger partial charge >= 0.3 is 6.09 Å². The number of amides is 1. The molecule has 0 aliphatic heterocycles. The summed E-state index contributed by atoms with van der Waals surface area (Å²) in [6, 6.07) is 0.0160. The monoisotopic (exact) mass is 240 g/mol. The largest absolute Gasteiger partial charge is 0.444 e. The van der Waals surface area contributed by atoms with Crippen LogP contribution in [-0.4, -0.2) is 23.8 Å². The molecule has 1 rings (SSSR count). The van der Waals surface area contributed by atoms with E-state index in [4.69, 9.17) is 10.5 Å². The minimum Gasteiger partial charge on any atom is -0.444 e. The molecule has 0 spiro atoms. The Kier molecular flexibility index (Phi) is 5.00. The molecular weight excluding hydrogens is 216 g/mol. The second-order valence-corrected chi connectivity index (χ2v) is 5.54. The molecule has 0 fully saturated rings. The summed E-state index contributed by atoms with van der Waals surface area (Å²) in [6.45, 7) is 5.56. The standard InChI is InChI=1S/C13H24N2O2/c1-13(2,3)17-12(16)15-11-9-7-5-4-6-8-10(11)14/h4-5,10-11H,6-9,14H2,1-3H3,(H,15,16)/b5-4+/t10?,11-/m1/s1. The molecule has 0 aromatic rings. The van der Waals surface area contributed by atoms with Gasteiger partial charge in [-0.3, -0.25) is 0 Å². The van der Waals surface area contributed by atoms with Crippen LogP contribution in [-0.2, 0) is 4.74 Å². The van der Waals surface area contributed by atoms with Gasteiger partial charge in [0.25, 0.3) is 0 Å². The third-order valence-corrected chi connectivity index (χ3v) is 2.70. The topological polar surface area (TPSA) is 64.3 Å². The molecule has 1 amide bonds. The summed E-state index contributed by atoms with van der Waals surface area (Å²) in [6.07, 6.45) is 7.64. The lowest BCUT2D eigenvalue weighted by Crippen LogP contribution is -2.49. The third kappa shape index (κ3) is 5.73. The van der Waals surface area contributed by atoms with Crippen LogP contribution in [0.2, 0.25) is 0 Å². The second-order valence-electron chi connectivity index (χ2n) is 5.54. The Balaban J connectivity index is 2.47. The molecule has 0 saturated carbocycles. The van der Waals surface area contributed by atoms with Crippen molar-refractivity contribution in [3.8, 4) is 0 Å². The van der Waals surface area contributed by atoms with Crippen molar-refractivity contribution in [2.24, 2.45) is 5.73 Å². The summed E-state index contributed by atoms with van der Waals surface area (Å²) >= 11 is 0. The van der Waals surface area contributed by atoms with Gasteiger partial charge < -0.3 is 15.8 Å². The van der Waals surface area contributed by atoms with E-state index in [1.54, 1.807) is 0 Å². The highest BCUT2D eigenvalue weighted by Gasteiger charge is 2.23. The van der Waals surface area contributed by atoms with Crippen molar-refractivity contribution in [2.75, 3.05) is 0 Å². The Morgan fingerprint density at radius 2 is 1.88 bits per heavy atom. The van der Waals surface area contributed by atoms with Gasteiger partial charge in [0.2, 0.25) is 0 Å². The highest BCUT2D eigenvalue weighted by Crippen LogP contribution is 2.13. The van der Waals surface area contributed by atoms with Crippen molar-refractivity contribution < 1.29 is 9.53 Å². The molecule has 2 atom stereocenters. The minimum atomic E-state index is -0.463. The lowest BCUT2D eigenvalue weighted by molar-refractivity contribution is 0.0492. The summed E-state index contributed by atoms with van der Waals surface area (Å²) in [5.74, 6) is 0. The summed E-state index contributed by atoms with van der Waals surface area (Å²) in [5.41, 5.74) is 5.59. The summed E-state index contributed by atoms with van der Waals surface area (Å²) in [7, 11) is 0. The Bertz CT molecular complexity index is 282. The number of ether oxygens (including phenoxy) is 1. The Hall–Kier alpha value is -1.03. The maximum Gasteiger partial charge on any atom is 0.407 e. The Morgan fingerprint density at radius 3 is 2.47 bits per heavy atom. The number of nitrogens with two attached hydrogens (primary N) is 1. The van der Waals surface area contributed by atoms with E-state index in [9.17, 15) is 4.79 Å². The van der Waals surface area contributed by atoms with Crippen molar-refractivity contribution in [1.82, 2.24) is 5.32 Å². The normalized spacial score (nSPS) is 27.8. The van der Waals surface area contributed by atoms with Gasteiger partial charge in [-0.2, -0.15) is 0 Å². The molecule has 0 heterocycles. The molecular formula is C13H24N2O2. The molecule has 98 valence electrons. The van der Waals surface area contributed by atoms with Gasteiger partial charge in [0, 0.05) is 12.1 Å². The smallest absolute Gasteiger partial charge is 0.407 e. The lowest BCUT2D eigenvalue weighted by Gasteiger charge is -2.27. The molecule has 3 N–H and O–H groups in total. The maximum atomic E-state index is 11.7. The van der Waals surface area contributed by atoms with E-state index >= 15 is 0 Å². The van der Waals surface area contributed by atoms with Gasteiger partial charge in [0.15, 0.2) is 0 Å². The molecule has 0 aromatic carbocycles. The molecule has 4 heteroatoms. The van der Waals surface area contributed by atoms with Crippen LogP contribution < -0.4 is 11.1 Å². The minimum absolute atomic E-state index is 0.00692. The lowest BCUT2D eigenvalue weighted by atomic mass is 9.96. The molecule has 1 unspecified atom stereocenters. The first-order chi connectivity index (χ1) is 7.88. The van der Waals surface area contributed by atoms with Crippen LogP contribution in [0.5, 0.6) is 0 Å². The zero-order valence-corrected chi connectivity index (χ0v) is 11.0. The van der Waals surface area contributed by atoms with Crippen LogP contribution in [0.15, 0.2) is 12.2 Å². The summed E-state index contributed by atoms with van der Waals surface area (Å²) in [4.78, 5) is 11.7. The molecule has 4 nitrogen and oxygen atoms in total. The average molecular weight is 240 g/mol. The van der Waals surface area contributed by atoms with E-state index in [-0.39, 0.29) is 18.2 Å². The van der Waals surface area contributed by atoms with Crippen LogP contribution in [0.3, 0.4) is 0 Å². The number of carbonyl (C=O) groups is 1. The van der Waals surface area contributed by atoms with Crippen molar-refractivity contribution >= 4 is 6.09 Å². The first-order valence-electron chi connectivity index (χ1n) is 6.28. The molecule has 1 aliphatic rings. The first-order valence-corrected chi connectivity index (χ1v) is 6.28. The van der Waals surface area contributed by atoms with E-state index in [2.05, 4.69) is 17.5 Å². The SMILES string of the molecule is CC(C)(C)OC(=O)N[C@@H]1CC/C=C/CCC1N. The fourth-order valence-corrected chi connectivity index (χ4v) is 1.85. The number of rotatable bonds is 1. The number of carbonyl (C=O) groups excluding carboxylic acids is 1. The predicted molar refractivity (Wildman–Crippen MR) is 68.7 cm³/mol. The van der Waals surface area contributed by atoms with Crippen LogP contribution in [0.25, 0.3) is 0 Å². The number of hydrogen-bond acceptors (Lipinski definition) is 3. The number of allylic oxidation sites excluding steroid dienone is 2. The van der Waals surface area contributed by atoms with Crippen LogP contribution in [0, 0.1) is 0 Å². The van der Waals surface area contributed by atoms with Gasteiger partial charge in [0.05, 0.1) is 0 Å². The van der Waals surface area contributed by atoms with E-state index in [1.165, 1.54) is 0 Å². The van der Waals surface area contributed by atoms with Crippen molar-refractivity contribution in [3.63, 3.8) is 0 Å². The average Bonchev–Trinajstić information content (AvgIpc) is 2.15. The van der Waals surface area contributed by atoms with Crippen molar-refractivity contribution in [2.45, 2.75) is 64.1 Å². The Morgan fingerprint density at radius 1 is 1.29 bits per heavy atom. The third-order valence-electron chi connectivity index (χ3n) is 2.70. The predicted octanol–water partition coefficient (Wildman–Crippen LogP) is 2.34. The molecule has 1 aliphatic carbocycles. The number of alkyl carbamates (subject to hydrolysis) is 1. The van der Waals surface area contributed by atoms with Crippen LogP contribution in [0.4, 0.5) is 4.79 Å². The van der Waals surface area contributed by atoms with Gasteiger partial charge in [-0.1, -0.05) is 12.2 Å². The fraction of sp³-hybridized carbons (Fsp3) is 0.769. The molecule has 0 radical (unpaired) electrons. The van der Waals surface area contributed by atoms with Gasteiger partial charge in [-0.05, 0) is 46.5 Å². The van der Waals surface area contributed by atoms with E-state index in [0.717, 1.165) is 25.7 Å². The van der Waals surface area contributed by atoms with E-state index < -0.39 is 5.60 Å². The maximum absolute atomic E-state index is 11.7. The van der Waals surface area contributed by atoms with Crippen molar-refractivity contribution in [3.05, 3.63) is 12.2 Å². The van der Waals surface area contributed by atoms with Crippen LogP contribution in [0.1, 0.15) is 46.5 Å². The quantitative estimate of drug-likeness (QED) is 0.691. The zero-order chi connectivity index (χ0) is 12.9. The molecule has 0 saturated heterocycles. The van der Waals surface area contributed by atoms with Gasteiger partial charge in [-0.25, -0.2) is 4.79 Å². The Labute approximate surface area is 104 Å². The second kappa shape index (κ2) is 6.05. The highest BCUT2D eigenvalue weighted by atomic mass is 16.6. The summed E-state index contributed by atoms with van der Waals surface area (Å²) in [5, 5.41) is 2.87. The van der Waals surface area contributed by atoms with Gasteiger partial charge in [-0.15, -0.1) is 0 Å². The fourth-order valence-electron chi connectivity index (χ4n) is 1.85. The molecule has 0 aromatic heterocycles. The number of hydrogen-bond donors (Lipinski definition) is 2.